The van der Waals surface area contributed by atoms with E-state index in [9.17, 15) is 9.90 Å². The number of unbranched alkanes of at least 4 members (excludes halogenated alkanes) is 5. The summed E-state index contributed by atoms with van der Waals surface area (Å²) in [5.74, 6) is -0.516. The number of amides is 1. The number of benzene rings is 2. The Morgan fingerprint density at radius 2 is 1.77 bits per heavy atom. The molecule has 3 heteroatoms. The summed E-state index contributed by atoms with van der Waals surface area (Å²) in [4.78, 5) is 11.7. The molecule has 0 saturated heterocycles. The van der Waals surface area contributed by atoms with E-state index >= 15 is 0 Å². The van der Waals surface area contributed by atoms with Crippen LogP contribution in [0.1, 0.15) is 61.4 Å². The van der Waals surface area contributed by atoms with E-state index in [1.54, 1.807) is 0 Å². The molecular formula is C19H25NO2. The van der Waals surface area contributed by atoms with Crippen LogP contribution >= 0.6 is 0 Å². The second kappa shape index (κ2) is 7.83. The molecule has 0 unspecified atom stereocenters. The van der Waals surface area contributed by atoms with Gasteiger partial charge in [-0.2, -0.15) is 0 Å². The normalized spacial score (nSPS) is 11.0. The molecule has 0 bridgehead atoms. The van der Waals surface area contributed by atoms with Crippen molar-refractivity contribution in [1.29, 1.82) is 0 Å². The van der Waals surface area contributed by atoms with Crippen LogP contribution < -0.4 is 5.73 Å². The van der Waals surface area contributed by atoms with Crippen molar-refractivity contribution in [3.8, 4) is 5.75 Å². The Morgan fingerprint density at radius 3 is 2.50 bits per heavy atom. The Hall–Kier alpha value is -2.03. The fourth-order valence-corrected chi connectivity index (χ4v) is 2.93. The highest BCUT2D eigenvalue weighted by Gasteiger charge is 2.16. The Kier molecular flexibility index (Phi) is 5.82. The first-order chi connectivity index (χ1) is 10.6. The van der Waals surface area contributed by atoms with Gasteiger partial charge in [-0.15, -0.1) is 0 Å². The van der Waals surface area contributed by atoms with Gasteiger partial charge in [-0.25, -0.2) is 0 Å². The van der Waals surface area contributed by atoms with Gasteiger partial charge in [0.1, 0.15) is 5.75 Å². The van der Waals surface area contributed by atoms with E-state index in [0.717, 1.165) is 35.6 Å². The lowest BCUT2D eigenvalue weighted by Crippen LogP contribution is -2.12. The van der Waals surface area contributed by atoms with Crippen LogP contribution in [0.25, 0.3) is 10.8 Å². The highest BCUT2D eigenvalue weighted by molar-refractivity contribution is 6.09. The van der Waals surface area contributed by atoms with E-state index in [1.807, 2.05) is 30.3 Å². The van der Waals surface area contributed by atoms with Gasteiger partial charge in [0, 0.05) is 0 Å². The molecule has 3 nitrogen and oxygen atoms in total. The molecule has 0 aliphatic heterocycles. The fourth-order valence-electron chi connectivity index (χ4n) is 2.93. The number of primary amides is 1. The van der Waals surface area contributed by atoms with Crippen molar-refractivity contribution in [2.24, 2.45) is 5.73 Å². The number of phenols is 1. The summed E-state index contributed by atoms with van der Waals surface area (Å²) in [6.07, 6.45) is 7.98. The summed E-state index contributed by atoms with van der Waals surface area (Å²) in [6, 6.07) is 9.53. The standard InChI is InChI=1S/C19H25NO2/c1-2-3-4-5-6-7-11-15-13-14-10-8-9-12-16(14)17(18(15)21)19(20)22/h8-10,12-13,21H,2-7,11H2,1H3,(H2,20,22). The van der Waals surface area contributed by atoms with Crippen LogP contribution in [0.4, 0.5) is 0 Å². The lowest BCUT2D eigenvalue weighted by molar-refractivity contribution is 0.0999. The van der Waals surface area contributed by atoms with Gasteiger partial charge < -0.3 is 10.8 Å². The molecule has 2 aromatic rings. The topological polar surface area (TPSA) is 63.3 Å². The average Bonchev–Trinajstić information content (AvgIpc) is 2.50. The van der Waals surface area contributed by atoms with E-state index in [4.69, 9.17) is 5.73 Å². The number of rotatable bonds is 8. The Labute approximate surface area is 132 Å². The summed E-state index contributed by atoms with van der Waals surface area (Å²) < 4.78 is 0. The molecule has 22 heavy (non-hydrogen) atoms. The molecule has 0 aromatic heterocycles. The summed E-state index contributed by atoms with van der Waals surface area (Å²) in [6.45, 7) is 2.21. The highest BCUT2D eigenvalue weighted by Crippen LogP contribution is 2.32. The Balaban J connectivity index is 2.16. The van der Waals surface area contributed by atoms with Crippen LogP contribution in [0, 0.1) is 0 Å². The second-order valence-corrected chi connectivity index (χ2v) is 5.86. The molecule has 0 radical (unpaired) electrons. The quantitative estimate of drug-likeness (QED) is 0.702. The van der Waals surface area contributed by atoms with Crippen LogP contribution in [0.2, 0.25) is 0 Å². The van der Waals surface area contributed by atoms with E-state index in [2.05, 4.69) is 6.92 Å². The number of fused-ring (bicyclic) bond motifs is 1. The zero-order valence-electron chi connectivity index (χ0n) is 13.3. The maximum Gasteiger partial charge on any atom is 0.253 e. The van der Waals surface area contributed by atoms with Gasteiger partial charge in [-0.1, -0.05) is 63.3 Å². The van der Waals surface area contributed by atoms with Gasteiger partial charge in [0.2, 0.25) is 0 Å². The number of carbonyl (C=O) groups is 1. The maximum atomic E-state index is 11.7. The number of carbonyl (C=O) groups excluding carboxylic acids is 1. The molecule has 1 amide bonds. The first-order valence-electron chi connectivity index (χ1n) is 8.18. The van der Waals surface area contributed by atoms with Crippen molar-refractivity contribution < 1.29 is 9.90 Å². The third-order valence-electron chi connectivity index (χ3n) is 4.15. The first-order valence-corrected chi connectivity index (χ1v) is 8.18. The molecule has 0 aliphatic carbocycles. The number of hydrogen-bond donors (Lipinski definition) is 2. The second-order valence-electron chi connectivity index (χ2n) is 5.86. The van der Waals surface area contributed by atoms with Crippen molar-refractivity contribution in [3.05, 3.63) is 41.5 Å². The van der Waals surface area contributed by atoms with Crippen LogP contribution in [-0.4, -0.2) is 11.0 Å². The number of aromatic hydroxyl groups is 1. The molecule has 0 fully saturated rings. The molecule has 118 valence electrons. The van der Waals surface area contributed by atoms with Crippen molar-refractivity contribution in [2.45, 2.75) is 51.9 Å². The maximum absolute atomic E-state index is 11.7. The first kappa shape index (κ1) is 16.3. The van der Waals surface area contributed by atoms with Gasteiger partial charge in [-0.3, -0.25) is 4.79 Å². The lowest BCUT2D eigenvalue weighted by atomic mass is 9.95. The van der Waals surface area contributed by atoms with Gasteiger partial charge in [-0.05, 0) is 35.2 Å². The molecule has 0 aliphatic rings. The molecule has 0 atom stereocenters. The van der Waals surface area contributed by atoms with Crippen molar-refractivity contribution in [2.75, 3.05) is 0 Å². The predicted molar refractivity (Wildman–Crippen MR) is 91.2 cm³/mol. The minimum Gasteiger partial charge on any atom is -0.507 e. The minimum atomic E-state index is -0.571. The van der Waals surface area contributed by atoms with E-state index in [1.165, 1.54) is 25.7 Å². The molecular weight excluding hydrogens is 274 g/mol. The van der Waals surface area contributed by atoms with Crippen LogP contribution in [-0.2, 0) is 6.42 Å². The van der Waals surface area contributed by atoms with Crippen LogP contribution in [0.5, 0.6) is 5.75 Å². The zero-order chi connectivity index (χ0) is 15.9. The van der Waals surface area contributed by atoms with Crippen molar-refractivity contribution >= 4 is 16.7 Å². The molecule has 2 aromatic carbocycles. The lowest BCUT2D eigenvalue weighted by Gasteiger charge is -2.12. The minimum absolute atomic E-state index is 0.0553. The smallest absolute Gasteiger partial charge is 0.253 e. The summed E-state index contributed by atoms with van der Waals surface area (Å²) in [5.41, 5.74) is 6.53. The highest BCUT2D eigenvalue weighted by atomic mass is 16.3. The fraction of sp³-hybridized carbons (Fsp3) is 0.421. The molecule has 3 N–H and O–H groups in total. The molecule has 0 saturated carbocycles. The number of hydrogen-bond acceptors (Lipinski definition) is 2. The monoisotopic (exact) mass is 299 g/mol. The predicted octanol–water partition coefficient (Wildman–Crippen LogP) is 4.55. The van der Waals surface area contributed by atoms with E-state index in [0.29, 0.717) is 0 Å². The molecule has 0 heterocycles. The molecule has 2 rings (SSSR count). The Bertz CT molecular complexity index is 649. The number of aryl methyl sites for hydroxylation is 1. The zero-order valence-corrected chi connectivity index (χ0v) is 13.3. The van der Waals surface area contributed by atoms with Gasteiger partial charge in [0.05, 0.1) is 5.56 Å². The van der Waals surface area contributed by atoms with Crippen molar-refractivity contribution in [1.82, 2.24) is 0 Å². The SMILES string of the molecule is CCCCCCCCc1cc2ccccc2c(C(N)=O)c1O. The largest absolute Gasteiger partial charge is 0.507 e. The third-order valence-corrected chi connectivity index (χ3v) is 4.15. The van der Waals surface area contributed by atoms with Crippen molar-refractivity contribution in [3.63, 3.8) is 0 Å². The van der Waals surface area contributed by atoms with Gasteiger partial charge in [0.15, 0.2) is 0 Å². The average molecular weight is 299 g/mol. The van der Waals surface area contributed by atoms with Crippen LogP contribution in [0.15, 0.2) is 30.3 Å². The summed E-state index contributed by atoms with van der Waals surface area (Å²) >= 11 is 0. The van der Waals surface area contributed by atoms with E-state index in [-0.39, 0.29) is 11.3 Å². The molecule has 0 spiro atoms. The Morgan fingerprint density at radius 1 is 1.09 bits per heavy atom. The summed E-state index contributed by atoms with van der Waals surface area (Å²) in [5, 5.41) is 12.1. The van der Waals surface area contributed by atoms with E-state index < -0.39 is 5.91 Å². The van der Waals surface area contributed by atoms with Crippen LogP contribution in [0.3, 0.4) is 0 Å². The van der Waals surface area contributed by atoms with Gasteiger partial charge in [0.25, 0.3) is 5.91 Å². The summed E-state index contributed by atoms with van der Waals surface area (Å²) in [7, 11) is 0. The van der Waals surface area contributed by atoms with Gasteiger partial charge >= 0.3 is 0 Å². The number of nitrogens with two attached hydrogens (primary N) is 1. The third kappa shape index (κ3) is 3.79.